The van der Waals surface area contributed by atoms with Crippen molar-refractivity contribution in [2.75, 3.05) is 26.7 Å². The predicted molar refractivity (Wildman–Crippen MR) is 115 cm³/mol. The second kappa shape index (κ2) is 9.57. The zero-order chi connectivity index (χ0) is 20.5. The Kier molecular flexibility index (Phi) is 8.50. The van der Waals surface area contributed by atoms with Crippen molar-refractivity contribution in [2.24, 2.45) is 11.7 Å². The van der Waals surface area contributed by atoms with Crippen LogP contribution < -0.4 is 5.73 Å². The van der Waals surface area contributed by atoms with Crippen LogP contribution in [0.4, 0.5) is 0 Å². The number of carbonyl (C=O) groups is 1. The van der Waals surface area contributed by atoms with Crippen LogP contribution in [0.15, 0.2) is 11.0 Å². The van der Waals surface area contributed by atoms with E-state index in [-0.39, 0.29) is 30.3 Å². The van der Waals surface area contributed by atoms with Crippen molar-refractivity contribution in [3.8, 4) is 0 Å². The average Bonchev–Trinajstić information content (AvgIpc) is 2.64. The van der Waals surface area contributed by atoms with Crippen molar-refractivity contribution in [1.29, 1.82) is 0 Å². The van der Waals surface area contributed by atoms with E-state index in [1.807, 2.05) is 40.7 Å². The summed E-state index contributed by atoms with van der Waals surface area (Å²) in [5.74, 6) is -0.0827. The van der Waals surface area contributed by atoms with Crippen LogP contribution >= 0.6 is 12.4 Å². The van der Waals surface area contributed by atoms with Crippen molar-refractivity contribution in [1.82, 2.24) is 9.21 Å². The number of rotatable bonds is 5. The third-order valence-electron chi connectivity index (χ3n) is 6.05. The van der Waals surface area contributed by atoms with E-state index in [0.717, 1.165) is 22.3 Å². The number of benzene rings is 1. The van der Waals surface area contributed by atoms with E-state index >= 15 is 0 Å². The van der Waals surface area contributed by atoms with Gasteiger partial charge in [0.15, 0.2) is 0 Å². The summed E-state index contributed by atoms with van der Waals surface area (Å²) in [6.07, 6.45) is 1.09. The lowest BCUT2D eigenvalue weighted by Crippen LogP contribution is -2.47. The monoisotopic (exact) mass is 431 g/mol. The van der Waals surface area contributed by atoms with Gasteiger partial charge in [-0.15, -0.1) is 12.4 Å². The maximum Gasteiger partial charge on any atom is 0.243 e. The highest BCUT2D eigenvalue weighted by atomic mass is 35.5. The zero-order valence-corrected chi connectivity index (χ0v) is 19.4. The van der Waals surface area contributed by atoms with Crippen LogP contribution in [0.25, 0.3) is 0 Å². The number of sulfonamides is 1. The Hall–Kier alpha value is -1.15. The lowest BCUT2D eigenvalue weighted by atomic mass is 9.96. The molecule has 0 saturated carbocycles. The van der Waals surface area contributed by atoms with Gasteiger partial charge in [-0.2, -0.15) is 4.31 Å². The van der Waals surface area contributed by atoms with Crippen LogP contribution in [0.3, 0.4) is 0 Å². The number of aryl methyl sites for hydroxylation is 2. The molecular weight excluding hydrogens is 398 g/mol. The third-order valence-corrected chi connectivity index (χ3v) is 8.22. The first-order valence-corrected chi connectivity index (χ1v) is 11.0. The minimum atomic E-state index is -3.57. The number of hydrogen-bond donors (Lipinski definition) is 1. The van der Waals surface area contributed by atoms with Crippen molar-refractivity contribution in [2.45, 2.75) is 58.4 Å². The van der Waals surface area contributed by atoms with Crippen LogP contribution in [0.5, 0.6) is 0 Å². The van der Waals surface area contributed by atoms with Gasteiger partial charge in [-0.1, -0.05) is 6.07 Å². The van der Waals surface area contributed by atoms with Gasteiger partial charge in [0.25, 0.3) is 0 Å². The number of nitrogens with zero attached hydrogens (tertiary/aromatic N) is 2. The average molecular weight is 432 g/mol. The fourth-order valence-corrected chi connectivity index (χ4v) is 5.75. The Labute approximate surface area is 175 Å². The fourth-order valence-electron chi connectivity index (χ4n) is 3.70. The fraction of sp³-hybridized carbons (Fsp3) is 0.650. The molecule has 1 fully saturated rings. The second-order valence-corrected chi connectivity index (χ2v) is 9.68. The van der Waals surface area contributed by atoms with Gasteiger partial charge in [-0.05, 0) is 69.7 Å². The number of likely N-dealkylation sites (N-methyl/N-ethyl adjacent to an activating group) is 1. The molecule has 1 aromatic rings. The number of piperidine rings is 1. The molecule has 2 N–H and O–H groups in total. The molecule has 28 heavy (non-hydrogen) atoms. The molecule has 1 saturated heterocycles. The highest BCUT2D eigenvalue weighted by Gasteiger charge is 2.35. The first kappa shape index (κ1) is 24.9. The molecule has 1 atom stereocenters. The summed E-state index contributed by atoms with van der Waals surface area (Å²) in [5.41, 5.74) is 9.25. The normalized spacial score (nSPS) is 17.1. The van der Waals surface area contributed by atoms with Crippen LogP contribution in [0.1, 0.15) is 42.0 Å². The quantitative estimate of drug-likeness (QED) is 0.776. The summed E-state index contributed by atoms with van der Waals surface area (Å²) in [4.78, 5) is 14.7. The number of amides is 1. The van der Waals surface area contributed by atoms with Gasteiger partial charge in [0.2, 0.25) is 15.9 Å². The molecule has 0 bridgehead atoms. The molecular formula is C20H34ClN3O3S. The summed E-state index contributed by atoms with van der Waals surface area (Å²) >= 11 is 0. The Bertz CT molecular complexity index is 792. The smallest absolute Gasteiger partial charge is 0.243 e. The van der Waals surface area contributed by atoms with Crippen molar-refractivity contribution in [3.05, 3.63) is 28.3 Å². The minimum absolute atomic E-state index is 0. The molecule has 1 aliphatic rings. The molecule has 0 spiro atoms. The molecule has 8 heteroatoms. The Balaban J connectivity index is 0.00000392. The zero-order valence-electron chi connectivity index (χ0n) is 17.8. The maximum atomic E-state index is 13.3. The van der Waals surface area contributed by atoms with Gasteiger partial charge < -0.3 is 10.6 Å². The van der Waals surface area contributed by atoms with E-state index < -0.39 is 10.0 Å². The molecule has 1 aliphatic heterocycles. The standard InChI is InChI=1S/C20H33N3O3S.ClH/c1-13-11-14(2)17(5)19(16(13)4)27(25,26)23-9-7-18(8-10-23)20(24)22(6)15(3)12-21;/h11,15,18H,7-10,12,21H2,1-6H3;1H. The van der Waals surface area contributed by atoms with E-state index in [9.17, 15) is 13.2 Å². The lowest BCUT2D eigenvalue weighted by molar-refractivity contribution is -0.137. The molecule has 160 valence electrons. The first-order chi connectivity index (χ1) is 12.5. The maximum absolute atomic E-state index is 13.3. The van der Waals surface area contributed by atoms with Gasteiger partial charge in [-0.3, -0.25) is 4.79 Å². The lowest BCUT2D eigenvalue weighted by Gasteiger charge is -2.34. The molecule has 1 unspecified atom stereocenters. The van der Waals surface area contributed by atoms with Crippen LogP contribution in [-0.2, 0) is 14.8 Å². The number of halogens is 1. The van der Waals surface area contributed by atoms with E-state index in [2.05, 4.69) is 0 Å². The SMILES string of the molecule is Cc1cc(C)c(C)c(S(=O)(=O)N2CCC(C(=O)N(C)C(C)CN)CC2)c1C.Cl. The summed E-state index contributed by atoms with van der Waals surface area (Å²) in [5, 5.41) is 0. The largest absolute Gasteiger partial charge is 0.342 e. The van der Waals surface area contributed by atoms with Crippen molar-refractivity contribution < 1.29 is 13.2 Å². The molecule has 0 aromatic heterocycles. The van der Waals surface area contributed by atoms with Crippen molar-refractivity contribution >= 4 is 28.3 Å². The highest BCUT2D eigenvalue weighted by Crippen LogP contribution is 2.31. The topological polar surface area (TPSA) is 83.7 Å². The van der Waals surface area contributed by atoms with Gasteiger partial charge in [0, 0.05) is 38.6 Å². The first-order valence-electron chi connectivity index (χ1n) is 9.56. The van der Waals surface area contributed by atoms with Gasteiger partial charge in [-0.25, -0.2) is 8.42 Å². The summed E-state index contributed by atoms with van der Waals surface area (Å²) in [6.45, 7) is 10.7. The highest BCUT2D eigenvalue weighted by molar-refractivity contribution is 7.89. The van der Waals surface area contributed by atoms with Gasteiger partial charge in [0.05, 0.1) is 4.90 Å². The van der Waals surface area contributed by atoms with E-state index in [4.69, 9.17) is 5.73 Å². The Morgan fingerprint density at radius 1 is 1.18 bits per heavy atom. The Morgan fingerprint density at radius 2 is 1.64 bits per heavy atom. The molecule has 6 nitrogen and oxygen atoms in total. The molecule has 1 aromatic carbocycles. The molecule has 2 rings (SSSR count). The van der Waals surface area contributed by atoms with Gasteiger partial charge in [0.1, 0.15) is 0 Å². The van der Waals surface area contributed by atoms with Crippen LogP contribution in [-0.4, -0.2) is 56.3 Å². The molecule has 1 amide bonds. The predicted octanol–water partition coefficient (Wildman–Crippen LogP) is 2.55. The second-order valence-electron chi connectivity index (χ2n) is 7.80. The van der Waals surface area contributed by atoms with E-state index in [0.29, 0.717) is 37.4 Å². The Morgan fingerprint density at radius 3 is 2.07 bits per heavy atom. The molecule has 0 aliphatic carbocycles. The summed E-state index contributed by atoms with van der Waals surface area (Å²) < 4.78 is 28.2. The van der Waals surface area contributed by atoms with E-state index in [1.165, 1.54) is 4.31 Å². The summed E-state index contributed by atoms with van der Waals surface area (Å²) in [6, 6.07) is 2.02. The van der Waals surface area contributed by atoms with Gasteiger partial charge >= 0.3 is 0 Å². The van der Waals surface area contributed by atoms with Crippen LogP contribution in [0, 0.1) is 33.6 Å². The summed E-state index contributed by atoms with van der Waals surface area (Å²) in [7, 11) is -1.80. The van der Waals surface area contributed by atoms with Crippen LogP contribution in [0.2, 0.25) is 0 Å². The van der Waals surface area contributed by atoms with E-state index in [1.54, 1.807) is 11.9 Å². The third kappa shape index (κ3) is 4.70. The van der Waals surface area contributed by atoms with Crippen molar-refractivity contribution in [3.63, 3.8) is 0 Å². The number of nitrogens with two attached hydrogens (primary N) is 1. The minimum Gasteiger partial charge on any atom is -0.342 e. The molecule has 1 heterocycles. The number of carbonyl (C=O) groups excluding carboxylic acids is 1. The molecule has 0 radical (unpaired) electrons. The number of hydrogen-bond acceptors (Lipinski definition) is 4.